The Labute approximate surface area is 139 Å². The average molecular weight is 310 g/mol. The summed E-state index contributed by atoms with van der Waals surface area (Å²) in [7, 11) is 1.80. The number of hydrogen-bond donors (Lipinski definition) is 0. The number of nitrogens with zero attached hydrogens (tertiary/aromatic N) is 2. The first-order chi connectivity index (χ1) is 11.2. The molecule has 1 saturated carbocycles. The fourth-order valence-electron chi connectivity index (χ4n) is 4.29. The van der Waals surface area contributed by atoms with Crippen LogP contribution in [0.15, 0.2) is 23.2 Å². The van der Waals surface area contributed by atoms with Crippen molar-refractivity contribution in [1.82, 2.24) is 0 Å². The van der Waals surface area contributed by atoms with Gasteiger partial charge in [0.1, 0.15) is 0 Å². The number of nitriles is 1. The van der Waals surface area contributed by atoms with Gasteiger partial charge in [-0.1, -0.05) is 25.5 Å². The van der Waals surface area contributed by atoms with Gasteiger partial charge in [0.05, 0.1) is 11.8 Å². The second-order valence-corrected chi connectivity index (χ2v) is 7.05. The summed E-state index contributed by atoms with van der Waals surface area (Å²) in [6.45, 7) is 2.22. The summed E-state index contributed by atoms with van der Waals surface area (Å²) < 4.78 is 5.52. The maximum atomic E-state index is 9.21. The zero-order valence-corrected chi connectivity index (χ0v) is 14.3. The van der Waals surface area contributed by atoms with Crippen LogP contribution in [0.2, 0.25) is 0 Å². The SMILES string of the molecule is CCCCc1ccc2c(c1)C(=NC#N)C1(CCC(OC)CC1)C2. The smallest absolute Gasteiger partial charge is 0.205 e. The van der Waals surface area contributed by atoms with E-state index in [2.05, 4.69) is 36.3 Å². The quantitative estimate of drug-likeness (QED) is 0.772. The molecular formula is C20H26N2O. The van der Waals surface area contributed by atoms with Gasteiger partial charge in [-0.05, 0) is 62.1 Å². The van der Waals surface area contributed by atoms with E-state index in [0.29, 0.717) is 6.10 Å². The number of aliphatic imine (C=N–C) groups is 1. The Kier molecular flexibility index (Phi) is 4.82. The van der Waals surface area contributed by atoms with Gasteiger partial charge >= 0.3 is 0 Å². The Hall–Kier alpha value is -1.66. The molecule has 0 N–H and O–H groups in total. The molecule has 0 aromatic heterocycles. The van der Waals surface area contributed by atoms with E-state index in [1.807, 2.05) is 0 Å². The van der Waals surface area contributed by atoms with Gasteiger partial charge in [0, 0.05) is 18.1 Å². The Morgan fingerprint density at radius 3 is 2.78 bits per heavy atom. The van der Waals surface area contributed by atoms with Crippen molar-refractivity contribution in [3.8, 4) is 6.19 Å². The van der Waals surface area contributed by atoms with Gasteiger partial charge in [-0.25, -0.2) is 0 Å². The number of methoxy groups -OCH3 is 1. The second-order valence-electron chi connectivity index (χ2n) is 7.05. The van der Waals surface area contributed by atoms with Crippen molar-refractivity contribution in [1.29, 1.82) is 5.26 Å². The van der Waals surface area contributed by atoms with Gasteiger partial charge in [0.15, 0.2) is 0 Å². The summed E-state index contributed by atoms with van der Waals surface area (Å²) in [6, 6.07) is 6.82. The minimum atomic E-state index is 0.0659. The molecule has 122 valence electrons. The van der Waals surface area contributed by atoms with Crippen molar-refractivity contribution in [2.24, 2.45) is 10.4 Å². The van der Waals surface area contributed by atoms with E-state index >= 15 is 0 Å². The van der Waals surface area contributed by atoms with E-state index in [1.54, 1.807) is 7.11 Å². The minimum Gasteiger partial charge on any atom is -0.381 e. The molecule has 0 unspecified atom stereocenters. The van der Waals surface area contributed by atoms with Crippen molar-refractivity contribution in [3.63, 3.8) is 0 Å². The van der Waals surface area contributed by atoms with Crippen molar-refractivity contribution in [2.45, 2.75) is 64.4 Å². The molecule has 3 nitrogen and oxygen atoms in total. The highest BCUT2D eigenvalue weighted by Crippen LogP contribution is 2.48. The monoisotopic (exact) mass is 310 g/mol. The van der Waals surface area contributed by atoms with E-state index in [-0.39, 0.29) is 5.41 Å². The maximum absolute atomic E-state index is 9.21. The van der Waals surface area contributed by atoms with E-state index in [0.717, 1.165) is 44.2 Å². The third kappa shape index (κ3) is 3.05. The van der Waals surface area contributed by atoms with Crippen LogP contribution in [0.5, 0.6) is 0 Å². The molecular weight excluding hydrogens is 284 g/mol. The normalized spacial score (nSPS) is 28.0. The average Bonchev–Trinajstić information content (AvgIpc) is 2.87. The summed E-state index contributed by atoms with van der Waals surface area (Å²) >= 11 is 0. The molecule has 1 aromatic carbocycles. The highest BCUT2D eigenvalue weighted by molar-refractivity contribution is 6.09. The van der Waals surface area contributed by atoms with E-state index < -0.39 is 0 Å². The third-order valence-electron chi connectivity index (χ3n) is 5.66. The third-order valence-corrected chi connectivity index (χ3v) is 5.66. The molecule has 0 amide bonds. The van der Waals surface area contributed by atoms with Gasteiger partial charge in [0.2, 0.25) is 6.19 Å². The van der Waals surface area contributed by atoms with Crippen molar-refractivity contribution < 1.29 is 4.74 Å². The summed E-state index contributed by atoms with van der Waals surface area (Å²) in [5.74, 6) is 0. The van der Waals surface area contributed by atoms with Crippen LogP contribution in [-0.2, 0) is 17.6 Å². The number of aryl methyl sites for hydroxylation is 1. The van der Waals surface area contributed by atoms with Gasteiger partial charge in [-0.2, -0.15) is 10.3 Å². The molecule has 0 saturated heterocycles. The van der Waals surface area contributed by atoms with Crippen LogP contribution in [0.4, 0.5) is 0 Å². The molecule has 3 heteroatoms. The molecule has 0 bridgehead atoms. The lowest BCUT2D eigenvalue weighted by Crippen LogP contribution is -2.35. The predicted octanol–water partition coefficient (Wildman–Crippen LogP) is 4.43. The van der Waals surface area contributed by atoms with E-state index in [4.69, 9.17) is 4.74 Å². The van der Waals surface area contributed by atoms with E-state index in [1.165, 1.54) is 29.5 Å². The minimum absolute atomic E-state index is 0.0659. The molecule has 0 heterocycles. The molecule has 1 fully saturated rings. The highest BCUT2D eigenvalue weighted by Gasteiger charge is 2.45. The molecule has 3 rings (SSSR count). The number of hydrogen-bond acceptors (Lipinski definition) is 3. The lowest BCUT2D eigenvalue weighted by atomic mass is 9.70. The molecule has 1 aromatic rings. The summed E-state index contributed by atoms with van der Waals surface area (Å²) in [4.78, 5) is 4.30. The maximum Gasteiger partial charge on any atom is 0.205 e. The standard InChI is InChI=1S/C20H26N2O/c1-3-4-5-15-6-7-16-13-20(10-8-17(23-2)9-11-20)19(22-14-21)18(16)12-15/h6-7,12,17H,3-5,8-11,13H2,1-2H3. The highest BCUT2D eigenvalue weighted by atomic mass is 16.5. The first-order valence-corrected chi connectivity index (χ1v) is 8.84. The van der Waals surface area contributed by atoms with Crippen molar-refractivity contribution in [3.05, 3.63) is 34.9 Å². The van der Waals surface area contributed by atoms with Crippen LogP contribution >= 0.6 is 0 Å². The number of fused-ring (bicyclic) bond motifs is 1. The number of ether oxygens (including phenoxy) is 1. The number of unbranched alkanes of at least 4 members (excludes halogenated alkanes) is 1. The van der Waals surface area contributed by atoms with Gasteiger partial charge in [-0.15, -0.1) is 0 Å². The van der Waals surface area contributed by atoms with Gasteiger partial charge in [0.25, 0.3) is 0 Å². The summed E-state index contributed by atoms with van der Waals surface area (Å²) in [6.07, 6.45) is 11.3. The summed E-state index contributed by atoms with van der Waals surface area (Å²) in [5, 5.41) is 9.21. The van der Waals surface area contributed by atoms with Crippen LogP contribution in [0.3, 0.4) is 0 Å². The fraction of sp³-hybridized carbons (Fsp3) is 0.600. The molecule has 23 heavy (non-hydrogen) atoms. The van der Waals surface area contributed by atoms with Crippen LogP contribution in [0.25, 0.3) is 0 Å². The second kappa shape index (κ2) is 6.84. The van der Waals surface area contributed by atoms with Crippen LogP contribution in [0.1, 0.15) is 62.1 Å². The Morgan fingerprint density at radius 2 is 2.13 bits per heavy atom. The Morgan fingerprint density at radius 1 is 1.35 bits per heavy atom. The lowest BCUT2D eigenvalue weighted by molar-refractivity contribution is 0.0468. The number of rotatable bonds is 4. The first-order valence-electron chi connectivity index (χ1n) is 8.84. The molecule has 2 aliphatic rings. The first kappa shape index (κ1) is 16.2. The summed E-state index contributed by atoms with van der Waals surface area (Å²) in [5.41, 5.74) is 5.09. The van der Waals surface area contributed by atoms with Crippen LogP contribution in [-0.4, -0.2) is 18.9 Å². The van der Waals surface area contributed by atoms with Crippen molar-refractivity contribution in [2.75, 3.05) is 7.11 Å². The molecule has 0 atom stereocenters. The fourth-order valence-corrected chi connectivity index (χ4v) is 4.29. The van der Waals surface area contributed by atoms with E-state index in [9.17, 15) is 5.26 Å². The molecule has 2 aliphatic carbocycles. The predicted molar refractivity (Wildman–Crippen MR) is 92.6 cm³/mol. The molecule has 0 radical (unpaired) electrons. The molecule has 1 spiro atoms. The Balaban J connectivity index is 1.91. The number of benzene rings is 1. The van der Waals surface area contributed by atoms with Crippen LogP contribution < -0.4 is 0 Å². The zero-order chi connectivity index (χ0) is 16.3. The zero-order valence-electron chi connectivity index (χ0n) is 14.3. The lowest BCUT2D eigenvalue weighted by Gasteiger charge is -2.36. The van der Waals surface area contributed by atoms with Crippen molar-refractivity contribution >= 4 is 5.71 Å². The van der Waals surface area contributed by atoms with Gasteiger partial charge in [-0.3, -0.25) is 0 Å². The van der Waals surface area contributed by atoms with Gasteiger partial charge < -0.3 is 4.74 Å². The largest absolute Gasteiger partial charge is 0.381 e. The topological polar surface area (TPSA) is 45.4 Å². The van der Waals surface area contributed by atoms with Crippen LogP contribution in [0, 0.1) is 16.9 Å². The Bertz CT molecular complexity index is 634. The molecule has 0 aliphatic heterocycles.